The highest BCUT2D eigenvalue weighted by Crippen LogP contribution is 2.31. The predicted octanol–water partition coefficient (Wildman–Crippen LogP) is 4.87. The van der Waals surface area contributed by atoms with Crippen LogP contribution in [0.2, 0.25) is 10.0 Å². The highest BCUT2D eigenvalue weighted by atomic mass is 35.5. The molecular formula is C19H17Cl2N3O. The number of amides is 1. The first kappa shape index (κ1) is 17.5. The first-order valence-electron chi connectivity index (χ1n) is 7.71. The zero-order valence-corrected chi connectivity index (χ0v) is 15.6. The Morgan fingerprint density at radius 3 is 2.32 bits per heavy atom. The van der Waals surface area contributed by atoms with E-state index in [1.165, 1.54) is 5.01 Å². The second-order valence-electron chi connectivity index (χ2n) is 5.94. The number of carbonyl (C=O) groups is 1. The summed E-state index contributed by atoms with van der Waals surface area (Å²) in [7, 11) is 3.97. The SMILES string of the molecule is CC1=NN(c2ccc(Cl)c(Cl)c2)C(=O)C1=Cc1ccc(N(C)C)cc1. The normalized spacial score (nSPS) is 15.7. The van der Waals surface area contributed by atoms with Gasteiger partial charge in [0.1, 0.15) is 0 Å². The van der Waals surface area contributed by atoms with Crippen molar-refractivity contribution in [2.75, 3.05) is 24.0 Å². The standard InChI is InChI=1S/C19H17Cl2N3O/c1-12-16(10-13-4-6-14(7-5-13)23(2)3)19(25)24(22-12)15-8-9-17(20)18(21)11-15/h4-11H,1-3H3. The van der Waals surface area contributed by atoms with Crippen LogP contribution >= 0.6 is 23.2 Å². The van der Waals surface area contributed by atoms with Gasteiger partial charge >= 0.3 is 0 Å². The molecule has 128 valence electrons. The van der Waals surface area contributed by atoms with Crippen molar-refractivity contribution in [2.24, 2.45) is 5.10 Å². The summed E-state index contributed by atoms with van der Waals surface area (Å²) in [6, 6.07) is 13.0. The molecule has 0 aliphatic carbocycles. The van der Waals surface area contributed by atoms with Crippen molar-refractivity contribution in [3.8, 4) is 0 Å². The minimum atomic E-state index is -0.187. The number of hydrogen-bond donors (Lipinski definition) is 0. The average Bonchev–Trinajstić information content (AvgIpc) is 2.86. The van der Waals surface area contributed by atoms with E-state index in [2.05, 4.69) is 5.10 Å². The predicted molar refractivity (Wildman–Crippen MR) is 106 cm³/mol. The summed E-state index contributed by atoms with van der Waals surface area (Å²) in [5, 5.41) is 6.53. The van der Waals surface area contributed by atoms with Crippen molar-refractivity contribution in [3.63, 3.8) is 0 Å². The van der Waals surface area contributed by atoms with Crippen molar-refractivity contribution in [1.82, 2.24) is 0 Å². The molecule has 1 aliphatic rings. The van der Waals surface area contributed by atoms with Gasteiger partial charge in [0, 0.05) is 19.8 Å². The van der Waals surface area contributed by atoms with Crippen molar-refractivity contribution in [3.05, 3.63) is 63.6 Å². The molecule has 0 saturated heterocycles. The number of hydrogen-bond acceptors (Lipinski definition) is 3. The largest absolute Gasteiger partial charge is 0.378 e. The maximum absolute atomic E-state index is 12.8. The molecule has 4 nitrogen and oxygen atoms in total. The Labute approximate surface area is 157 Å². The van der Waals surface area contributed by atoms with Crippen LogP contribution in [0.15, 0.2) is 53.1 Å². The van der Waals surface area contributed by atoms with E-state index >= 15 is 0 Å². The summed E-state index contributed by atoms with van der Waals surface area (Å²) in [6.45, 7) is 1.81. The monoisotopic (exact) mass is 373 g/mol. The third kappa shape index (κ3) is 3.55. The van der Waals surface area contributed by atoms with E-state index in [4.69, 9.17) is 23.2 Å². The van der Waals surface area contributed by atoms with E-state index in [0.717, 1.165) is 11.3 Å². The second kappa shape index (κ2) is 6.90. The quantitative estimate of drug-likeness (QED) is 0.719. The average molecular weight is 374 g/mol. The van der Waals surface area contributed by atoms with Gasteiger partial charge in [-0.3, -0.25) is 4.79 Å². The van der Waals surface area contributed by atoms with Gasteiger partial charge in [-0.1, -0.05) is 35.3 Å². The van der Waals surface area contributed by atoms with Crippen LogP contribution in [0.5, 0.6) is 0 Å². The summed E-state index contributed by atoms with van der Waals surface area (Å²) in [5.41, 5.74) is 3.85. The smallest absolute Gasteiger partial charge is 0.280 e. The van der Waals surface area contributed by atoms with E-state index in [-0.39, 0.29) is 5.91 Å². The number of anilines is 2. The molecule has 0 unspecified atom stereocenters. The van der Waals surface area contributed by atoms with Gasteiger partial charge in [0.2, 0.25) is 0 Å². The van der Waals surface area contributed by atoms with Gasteiger partial charge in [0.15, 0.2) is 0 Å². The van der Waals surface area contributed by atoms with Crippen LogP contribution in [0.3, 0.4) is 0 Å². The van der Waals surface area contributed by atoms with E-state index in [1.807, 2.05) is 56.3 Å². The van der Waals surface area contributed by atoms with Gasteiger partial charge in [0.25, 0.3) is 5.91 Å². The fraction of sp³-hybridized carbons (Fsp3) is 0.158. The van der Waals surface area contributed by atoms with Crippen molar-refractivity contribution >= 4 is 52.3 Å². The van der Waals surface area contributed by atoms with Gasteiger partial charge in [-0.15, -0.1) is 0 Å². The molecule has 2 aromatic rings. The third-order valence-corrected chi connectivity index (χ3v) is 4.67. The fourth-order valence-corrected chi connectivity index (χ4v) is 2.80. The maximum Gasteiger partial charge on any atom is 0.280 e. The topological polar surface area (TPSA) is 35.9 Å². The molecule has 1 aliphatic heterocycles. The molecule has 0 radical (unpaired) electrons. The van der Waals surface area contributed by atoms with E-state index in [9.17, 15) is 4.79 Å². The minimum Gasteiger partial charge on any atom is -0.378 e. The molecular weight excluding hydrogens is 357 g/mol. The van der Waals surface area contributed by atoms with Crippen LogP contribution in [-0.4, -0.2) is 25.7 Å². The van der Waals surface area contributed by atoms with Gasteiger partial charge in [-0.25, -0.2) is 0 Å². The number of nitrogens with zero attached hydrogens (tertiary/aromatic N) is 3. The molecule has 0 aromatic heterocycles. The molecule has 0 bridgehead atoms. The maximum atomic E-state index is 12.8. The summed E-state index contributed by atoms with van der Waals surface area (Å²) in [5.74, 6) is -0.187. The molecule has 6 heteroatoms. The molecule has 1 amide bonds. The molecule has 3 rings (SSSR count). The van der Waals surface area contributed by atoms with E-state index in [0.29, 0.717) is 27.0 Å². The van der Waals surface area contributed by atoms with Gasteiger partial charge in [-0.05, 0) is 48.9 Å². The molecule has 0 saturated carbocycles. The highest BCUT2D eigenvalue weighted by Gasteiger charge is 2.28. The molecule has 0 fully saturated rings. The number of rotatable bonds is 3. The van der Waals surface area contributed by atoms with Crippen LogP contribution in [0, 0.1) is 0 Å². The second-order valence-corrected chi connectivity index (χ2v) is 6.76. The first-order chi connectivity index (χ1) is 11.9. The van der Waals surface area contributed by atoms with Crippen molar-refractivity contribution in [1.29, 1.82) is 0 Å². The van der Waals surface area contributed by atoms with Crippen LogP contribution in [0.25, 0.3) is 6.08 Å². The lowest BCUT2D eigenvalue weighted by molar-refractivity contribution is -0.114. The number of hydrazone groups is 1. The van der Waals surface area contributed by atoms with Crippen LogP contribution < -0.4 is 9.91 Å². The lowest BCUT2D eigenvalue weighted by Gasteiger charge is -2.13. The lowest BCUT2D eigenvalue weighted by atomic mass is 10.1. The van der Waals surface area contributed by atoms with Gasteiger partial charge < -0.3 is 4.90 Å². The van der Waals surface area contributed by atoms with Crippen molar-refractivity contribution < 1.29 is 4.79 Å². The molecule has 1 heterocycles. The molecule has 25 heavy (non-hydrogen) atoms. The highest BCUT2D eigenvalue weighted by molar-refractivity contribution is 6.42. The van der Waals surface area contributed by atoms with Crippen molar-refractivity contribution in [2.45, 2.75) is 6.92 Å². The number of benzene rings is 2. The zero-order chi connectivity index (χ0) is 18.1. The Kier molecular flexibility index (Phi) is 4.84. The van der Waals surface area contributed by atoms with Crippen LogP contribution in [0.1, 0.15) is 12.5 Å². The molecule has 0 N–H and O–H groups in total. The Hall–Kier alpha value is -2.30. The van der Waals surface area contributed by atoms with Crippen LogP contribution in [0.4, 0.5) is 11.4 Å². The van der Waals surface area contributed by atoms with E-state index in [1.54, 1.807) is 18.2 Å². The fourth-order valence-electron chi connectivity index (χ4n) is 2.51. The Morgan fingerprint density at radius 2 is 1.72 bits per heavy atom. The van der Waals surface area contributed by atoms with Gasteiger partial charge in [-0.2, -0.15) is 10.1 Å². The molecule has 2 aromatic carbocycles. The summed E-state index contributed by atoms with van der Waals surface area (Å²) in [4.78, 5) is 14.8. The summed E-state index contributed by atoms with van der Waals surface area (Å²) in [6.07, 6.45) is 1.85. The molecule has 0 atom stereocenters. The zero-order valence-electron chi connectivity index (χ0n) is 14.1. The number of halogens is 2. The first-order valence-corrected chi connectivity index (χ1v) is 8.46. The summed E-state index contributed by atoms with van der Waals surface area (Å²) >= 11 is 12.0. The Morgan fingerprint density at radius 1 is 1.04 bits per heavy atom. The Balaban J connectivity index is 1.90. The minimum absolute atomic E-state index is 0.187. The van der Waals surface area contributed by atoms with E-state index < -0.39 is 0 Å². The third-order valence-electron chi connectivity index (χ3n) is 3.93. The molecule has 0 spiro atoms. The Bertz CT molecular complexity index is 886. The summed E-state index contributed by atoms with van der Waals surface area (Å²) < 4.78 is 0. The number of carbonyl (C=O) groups excluding carboxylic acids is 1. The van der Waals surface area contributed by atoms with Crippen LogP contribution in [-0.2, 0) is 4.79 Å². The lowest BCUT2D eigenvalue weighted by Crippen LogP contribution is -2.21. The van der Waals surface area contributed by atoms with Gasteiger partial charge in [0.05, 0.1) is 27.0 Å².